The van der Waals surface area contributed by atoms with Gasteiger partial charge in [0.2, 0.25) is 5.13 Å². The molecule has 0 amide bonds. The Morgan fingerprint density at radius 3 is 2.57 bits per heavy atom. The predicted octanol–water partition coefficient (Wildman–Crippen LogP) is 6.01. The molecule has 5 nitrogen and oxygen atoms in total. The molecule has 0 aliphatic carbocycles. The first-order valence-electron chi connectivity index (χ1n) is 9.75. The number of carbonyl (C=O) groups is 1. The van der Waals surface area contributed by atoms with Gasteiger partial charge in [0.1, 0.15) is 17.1 Å². The van der Waals surface area contributed by atoms with Crippen LogP contribution in [0.25, 0.3) is 22.3 Å². The van der Waals surface area contributed by atoms with Crippen molar-refractivity contribution in [2.75, 3.05) is 6.61 Å². The van der Waals surface area contributed by atoms with Gasteiger partial charge >= 0.3 is 0 Å². The first-order valence-corrected chi connectivity index (χ1v) is 10.6. The molecule has 0 spiro atoms. The molecule has 0 fully saturated rings. The molecule has 0 atom stereocenters. The molecule has 0 aliphatic rings. The SMILES string of the molecule is CCOc1ccc2oc(-c3ccc(C)cc3)c/c(=N\c3nc(C)c(C(C)=O)s3)c2c1. The molecule has 0 saturated heterocycles. The predicted molar refractivity (Wildman–Crippen MR) is 120 cm³/mol. The summed E-state index contributed by atoms with van der Waals surface area (Å²) in [6.45, 7) is 7.95. The molecule has 0 bridgehead atoms. The maximum absolute atomic E-state index is 11.8. The molecule has 152 valence electrons. The molecule has 2 heterocycles. The van der Waals surface area contributed by atoms with Crippen LogP contribution in [0, 0.1) is 13.8 Å². The van der Waals surface area contributed by atoms with E-state index in [0.717, 1.165) is 22.1 Å². The second-order valence-corrected chi connectivity index (χ2v) is 8.01. The summed E-state index contributed by atoms with van der Waals surface area (Å²) in [5, 5.41) is 2.09. The Morgan fingerprint density at radius 1 is 1.13 bits per heavy atom. The number of Topliss-reactive ketones (excluding diaryl/α,β-unsaturated/α-hetero) is 1. The van der Waals surface area contributed by atoms with Gasteiger partial charge < -0.3 is 9.15 Å². The number of nitrogens with zero attached hydrogens (tertiary/aromatic N) is 2. The van der Waals surface area contributed by atoms with Gasteiger partial charge in [-0.2, -0.15) is 0 Å². The van der Waals surface area contributed by atoms with Crippen LogP contribution in [0.5, 0.6) is 5.75 Å². The van der Waals surface area contributed by atoms with E-state index in [-0.39, 0.29) is 5.78 Å². The fourth-order valence-corrected chi connectivity index (χ4v) is 4.06. The molecule has 4 aromatic rings. The van der Waals surface area contributed by atoms with Crippen molar-refractivity contribution in [2.24, 2.45) is 4.99 Å². The standard InChI is InChI=1S/C24H22N2O3S/c1-5-28-18-10-11-21-19(12-18)20(26-24-25-15(3)23(30-24)16(4)27)13-22(29-21)17-8-6-14(2)7-9-17/h6-13H,5H2,1-4H3/b26-20+. The maximum Gasteiger partial charge on any atom is 0.210 e. The van der Waals surface area contributed by atoms with Gasteiger partial charge in [-0.3, -0.25) is 4.79 Å². The molecule has 0 unspecified atom stereocenters. The van der Waals surface area contributed by atoms with Crippen molar-refractivity contribution >= 4 is 33.2 Å². The second kappa shape index (κ2) is 8.24. The fraction of sp³-hybridized carbons (Fsp3) is 0.208. The summed E-state index contributed by atoms with van der Waals surface area (Å²) in [5.41, 5.74) is 3.55. The zero-order chi connectivity index (χ0) is 21.3. The van der Waals surface area contributed by atoms with Crippen molar-refractivity contribution < 1.29 is 13.9 Å². The second-order valence-electron chi connectivity index (χ2n) is 7.03. The number of thiazole rings is 1. The highest BCUT2D eigenvalue weighted by Crippen LogP contribution is 2.28. The highest BCUT2D eigenvalue weighted by atomic mass is 32.1. The average molecular weight is 419 g/mol. The molecule has 0 aliphatic heterocycles. The monoisotopic (exact) mass is 418 g/mol. The van der Waals surface area contributed by atoms with Crippen molar-refractivity contribution in [1.29, 1.82) is 0 Å². The van der Waals surface area contributed by atoms with Gasteiger partial charge in [0.15, 0.2) is 5.78 Å². The van der Waals surface area contributed by atoms with E-state index in [9.17, 15) is 4.79 Å². The molecule has 0 N–H and O–H groups in total. The Bertz CT molecular complexity index is 1300. The maximum atomic E-state index is 11.8. The van der Waals surface area contributed by atoms with Crippen LogP contribution in [0.3, 0.4) is 0 Å². The number of hydrogen-bond donors (Lipinski definition) is 0. The Hall–Kier alpha value is -3.25. The molecule has 30 heavy (non-hydrogen) atoms. The third kappa shape index (κ3) is 4.04. The summed E-state index contributed by atoms with van der Waals surface area (Å²) in [4.78, 5) is 21.7. The number of hydrogen-bond acceptors (Lipinski definition) is 6. The summed E-state index contributed by atoms with van der Waals surface area (Å²) < 4.78 is 11.8. The Balaban J connectivity index is 1.96. The summed E-state index contributed by atoms with van der Waals surface area (Å²) in [6, 6.07) is 15.8. The summed E-state index contributed by atoms with van der Waals surface area (Å²) in [5.74, 6) is 1.46. The van der Waals surface area contributed by atoms with Crippen LogP contribution in [0.2, 0.25) is 0 Å². The van der Waals surface area contributed by atoms with Crippen molar-refractivity contribution in [2.45, 2.75) is 27.7 Å². The van der Waals surface area contributed by atoms with Crippen LogP contribution in [0.15, 0.2) is 57.9 Å². The summed E-state index contributed by atoms with van der Waals surface area (Å²) in [7, 11) is 0. The van der Waals surface area contributed by atoms with Gasteiger partial charge in [0, 0.05) is 23.9 Å². The number of carbonyl (C=O) groups excluding carboxylic acids is 1. The van der Waals surface area contributed by atoms with Crippen LogP contribution >= 0.6 is 11.3 Å². The van der Waals surface area contributed by atoms with Crippen LogP contribution in [0.4, 0.5) is 5.13 Å². The van der Waals surface area contributed by atoms with Crippen LogP contribution < -0.4 is 10.1 Å². The number of rotatable bonds is 5. The fourth-order valence-electron chi connectivity index (χ4n) is 3.22. The number of ketones is 1. The molecule has 6 heteroatoms. The Labute approximate surface area is 178 Å². The van der Waals surface area contributed by atoms with Crippen molar-refractivity contribution in [3.05, 3.63) is 70.0 Å². The highest BCUT2D eigenvalue weighted by Gasteiger charge is 2.12. The number of aryl methyl sites for hydroxylation is 2. The minimum absolute atomic E-state index is 0.00153. The van der Waals surface area contributed by atoms with Crippen molar-refractivity contribution in [1.82, 2.24) is 4.98 Å². The van der Waals surface area contributed by atoms with E-state index in [2.05, 4.69) is 11.9 Å². The van der Waals surface area contributed by atoms with Gasteiger partial charge in [0.05, 0.1) is 22.5 Å². The van der Waals surface area contributed by atoms with E-state index in [1.165, 1.54) is 16.9 Å². The average Bonchev–Trinajstić information content (AvgIpc) is 3.09. The highest BCUT2D eigenvalue weighted by molar-refractivity contribution is 7.17. The third-order valence-corrected chi connectivity index (χ3v) is 5.84. The first kappa shape index (κ1) is 20.0. The van der Waals surface area contributed by atoms with Gasteiger partial charge in [0.25, 0.3) is 0 Å². The van der Waals surface area contributed by atoms with Crippen molar-refractivity contribution in [3.8, 4) is 17.1 Å². The number of aromatic nitrogens is 1. The Kier molecular flexibility index (Phi) is 5.50. The zero-order valence-corrected chi connectivity index (χ0v) is 18.2. The van der Waals surface area contributed by atoms with Crippen molar-refractivity contribution in [3.63, 3.8) is 0 Å². The molecule has 4 rings (SSSR count). The van der Waals surface area contributed by atoms with Crippen LogP contribution in [-0.2, 0) is 0 Å². The lowest BCUT2D eigenvalue weighted by molar-refractivity contribution is 0.102. The van der Waals surface area contributed by atoms with E-state index in [1.54, 1.807) is 6.92 Å². The number of ether oxygens (including phenoxy) is 1. The number of benzene rings is 2. The van der Waals surface area contributed by atoms with Crippen LogP contribution in [0.1, 0.15) is 34.8 Å². The van der Waals surface area contributed by atoms with E-state index in [4.69, 9.17) is 14.1 Å². The number of fused-ring (bicyclic) bond motifs is 1. The zero-order valence-electron chi connectivity index (χ0n) is 17.4. The van der Waals surface area contributed by atoms with Gasteiger partial charge in [-0.25, -0.2) is 9.98 Å². The van der Waals surface area contributed by atoms with E-state index in [0.29, 0.717) is 33.7 Å². The van der Waals surface area contributed by atoms with Crippen LogP contribution in [-0.4, -0.2) is 17.4 Å². The summed E-state index contributed by atoms with van der Waals surface area (Å²) >= 11 is 1.30. The molecular formula is C24H22N2O3S. The van der Waals surface area contributed by atoms with Gasteiger partial charge in [-0.1, -0.05) is 41.2 Å². The minimum atomic E-state index is -0.00153. The quantitative estimate of drug-likeness (QED) is 0.373. The minimum Gasteiger partial charge on any atom is -0.494 e. The smallest absolute Gasteiger partial charge is 0.210 e. The lowest BCUT2D eigenvalue weighted by Crippen LogP contribution is -2.04. The van der Waals surface area contributed by atoms with E-state index >= 15 is 0 Å². The van der Waals surface area contributed by atoms with E-state index in [1.807, 2.05) is 62.4 Å². The van der Waals surface area contributed by atoms with Gasteiger partial charge in [-0.05, 0) is 39.0 Å². The normalized spacial score (nSPS) is 11.8. The largest absolute Gasteiger partial charge is 0.494 e. The molecule has 2 aromatic heterocycles. The first-order chi connectivity index (χ1) is 14.4. The molecule has 2 aromatic carbocycles. The lowest BCUT2D eigenvalue weighted by Gasteiger charge is -2.07. The Morgan fingerprint density at radius 2 is 1.90 bits per heavy atom. The molecule has 0 saturated carbocycles. The van der Waals surface area contributed by atoms with Gasteiger partial charge in [-0.15, -0.1) is 0 Å². The van der Waals surface area contributed by atoms with E-state index < -0.39 is 0 Å². The summed E-state index contributed by atoms with van der Waals surface area (Å²) in [6.07, 6.45) is 0. The lowest BCUT2D eigenvalue weighted by atomic mass is 10.1. The topological polar surface area (TPSA) is 64.7 Å². The molecule has 0 radical (unpaired) electrons. The third-order valence-electron chi connectivity index (χ3n) is 4.68. The molecular weight excluding hydrogens is 396 g/mol.